The Kier molecular flexibility index (Phi) is 5.31. The van der Waals surface area contributed by atoms with Crippen LogP contribution in [0.2, 0.25) is 0 Å². The molecule has 172 valence electrons. The van der Waals surface area contributed by atoms with E-state index in [2.05, 4.69) is 20.2 Å². The van der Waals surface area contributed by atoms with Gasteiger partial charge in [0.25, 0.3) is 0 Å². The molecular weight excluding hydrogens is 458 g/mol. The third-order valence-corrected chi connectivity index (χ3v) is 6.76. The predicted octanol–water partition coefficient (Wildman–Crippen LogP) is 5.50. The first-order valence-electron chi connectivity index (χ1n) is 11.1. The van der Waals surface area contributed by atoms with Crippen LogP contribution >= 0.6 is 11.3 Å². The molecule has 9 heteroatoms. The summed E-state index contributed by atoms with van der Waals surface area (Å²) >= 11 is 1.57. The van der Waals surface area contributed by atoms with Gasteiger partial charge in [-0.15, -0.1) is 21.5 Å². The number of aromatic nitrogens is 7. The van der Waals surface area contributed by atoms with Gasteiger partial charge < -0.3 is 9.72 Å². The van der Waals surface area contributed by atoms with Crippen molar-refractivity contribution in [2.75, 3.05) is 0 Å². The van der Waals surface area contributed by atoms with Crippen molar-refractivity contribution >= 4 is 16.9 Å². The van der Waals surface area contributed by atoms with Crippen LogP contribution in [0.15, 0.2) is 73.3 Å². The van der Waals surface area contributed by atoms with Gasteiger partial charge >= 0.3 is 0 Å². The summed E-state index contributed by atoms with van der Waals surface area (Å²) in [5.74, 6) is 1.45. The monoisotopic (exact) mass is 479 g/mol. The van der Waals surface area contributed by atoms with Gasteiger partial charge in [0.2, 0.25) is 0 Å². The quantitative estimate of drug-likeness (QED) is 0.339. The first kappa shape index (κ1) is 21.2. The van der Waals surface area contributed by atoms with Crippen molar-refractivity contribution < 1.29 is 4.74 Å². The summed E-state index contributed by atoms with van der Waals surface area (Å²) < 4.78 is 7.94. The maximum Gasteiger partial charge on any atom is 0.173 e. The van der Waals surface area contributed by atoms with Gasteiger partial charge in [-0.1, -0.05) is 36.4 Å². The maximum absolute atomic E-state index is 6.08. The fourth-order valence-corrected chi connectivity index (χ4v) is 5.09. The fraction of sp³-hybridized carbons (Fsp3) is 0.115. The summed E-state index contributed by atoms with van der Waals surface area (Å²) in [5, 5.41) is 13.8. The molecule has 0 aliphatic rings. The highest BCUT2D eigenvalue weighted by atomic mass is 32.1. The fourth-order valence-electron chi connectivity index (χ4n) is 3.94. The molecule has 0 saturated carbocycles. The molecule has 35 heavy (non-hydrogen) atoms. The van der Waals surface area contributed by atoms with E-state index in [4.69, 9.17) is 14.8 Å². The normalized spacial score (nSPS) is 11.3. The molecule has 0 saturated heterocycles. The third-order valence-electron chi connectivity index (χ3n) is 5.68. The van der Waals surface area contributed by atoms with Gasteiger partial charge in [-0.05, 0) is 26.0 Å². The SMILES string of the molecule is Cc1ccc(COc2ccn3nc(C)c(-c4nc(-c5ccccc5)c(-c5nnc[nH]5)s4)c3c2)cn1. The number of fused-ring (bicyclic) bond motifs is 1. The zero-order chi connectivity index (χ0) is 23.8. The molecule has 1 N–H and O–H groups in total. The Balaban J connectivity index is 1.41. The van der Waals surface area contributed by atoms with E-state index in [0.717, 1.165) is 54.9 Å². The summed E-state index contributed by atoms with van der Waals surface area (Å²) in [6, 6.07) is 18.0. The minimum Gasteiger partial charge on any atom is -0.489 e. The molecule has 0 atom stereocenters. The number of thiazole rings is 1. The Morgan fingerprint density at radius 3 is 2.71 bits per heavy atom. The molecule has 5 aromatic heterocycles. The lowest BCUT2D eigenvalue weighted by molar-refractivity contribution is 0.305. The van der Waals surface area contributed by atoms with Crippen LogP contribution in [0.3, 0.4) is 0 Å². The molecule has 0 radical (unpaired) electrons. The number of ether oxygens (including phenoxy) is 1. The van der Waals surface area contributed by atoms with Crippen molar-refractivity contribution in [2.45, 2.75) is 20.5 Å². The van der Waals surface area contributed by atoms with Crippen LogP contribution in [0.25, 0.3) is 38.0 Å². The molecule has 1 aromatic carbocycles. The lowest BCUT2D eigenvalue weighted by Crippen LogP contribution is -1.97. The molecule has 5 heterocycles. The van der Waals surface area contributed by atoms with Crippen LogP contribution in [-0.2, 0) is 6.61 Å². The minimum absolute atomic E-state index is 0.441. The van der Waals surface area contributed by atoms with E-state index in [1.165, 1.54) is 0 Å². The average molecular weight is 480 g/mol. The van der Waals surface area contributed by atoms with E-state index < -0.39 is 0 Å². The minimum atomic E-state index is 0.441. The van der Waals surface area contributed by atoms with Gasteiger partial charge in [-0.3, -0.25) is 4.98 Å². The Labute approximate surface area is 205 Å². The highest BCUT2D eigenvalue weighted by Crippen LogP contribution is 2.41. The summed E-state index contributed by atoms with van der Waals surface area (Å²) in [4.78, 5) is 13.4. The molecule has 0 fully saturated rings. The molecule has 0 aliphatic carbocycles. The Morgan fingerprint density at radius 1 is 1.06 bits per heavy atom. The standard InChI is InChI=1S/C26H21N7OS/c1-16-8-9-18(13-27-16)14-34-20-10-11-33-21(12-20)22(17(2)32-33)26-30-23(19-6-4-3-5-7-19)24(35-26)25-28-15-29-31-25/h3-13,15H,14H2,1-2H3,(H,28,29,31). The highest BCUT2D eigenvalue weighted by Gasteiger charge is 2.22. The van der Waals surface area contributed by atoms with Crippen molar-refractivity contribution in [3.63, 3.8) is 0 Å². The van der Waals surface area contributed by atoms with Crippen molar-refractivity contribution in [1.29, 1.82) is 0 Å². The van der Waals surface area contributed by atoms with Gasteiger partial charge in [0.05, 0.1) is 22.5 Å². The van der Waals surface area contributed by atoms with Crippen LogP contribution in [0.5, 0.6) is 5.75 Å². The number of rotatable bonds is 6. The molecule has 0 spiro atoms. The molecule has 0 bridgehead atoms. The summed E-state index contributed by atoms with van der Waals surface area (Å²) in [7, 11) is 0. The van der Waals surface area contributed by atoms with Crippen LogP contribution < -0.4 is 4.74 Å². The topological polar surface area (TPSA) is 93.9 Å². The maximum atomic E-state index is 6.08. The summed E-state index contributed by atoms with van der Waals surface area (Å²) in [5.41, 5.74) is 6.68. The molecule has 8 nitrogen and oxygen atoms in total. The van der Waals surface area contributed by atoms with Crippen molar-refractivity contribution in [3.8, 4) is 38.3 Å². The van der Waals surface area contributed by atoms with Crippen molar-refractivity contribution in [3.05, 3.63) is 90.3 Å². The number of aromatic amines is 1. The summed E-state index contributed by atoms with van der Waals surface area (Å²) in [6.07, 6.45) is 5.34. The summed E-state index contributed by atoms with van der Waals surface area (Å²) in [6.45, 7) is 4.41. The van der Waals surface area contributed by atoms with Crippen LogP contribution in [0.1, 0.15) is 17.0 Å². The largest absolute Gasteiger partial charge is 0.489 e. The number of nitrogens with one attached hydrogen (secondary N) is 1. The van der Waals surface area contributed by atoms with Crippen LogP contribution in [0.4, 0.5) is 0 Å². The van der Waals surface area contributed by atoms with E-state index in [-0.39, 0.29) is 0 Å². The van der Waals surface area contributed by atoms with Gasteiger partial charge in [-0.2, -0.15) is 5.10 Å². The number of aryl methyl sites for hydroxylation is 2. The molecule has 0 aliphatic heterocycles. The molecule has 0 amide bonds. The smallest absolute Gasteiger partial charge is 0.173 e. The molecule has 6 aromatic rings. The third kappa shape index (κ3) is 4.06. The van der Waals surface area contributed by atoms with Crippen LogP contribution in [-0.4, -0.2) is 34.8 Å². The first-order valence-corrected chi connectivity index (χ1v) is 11.9. The second kappa shape index (κ2) is 8.77. The Bertz CT molecular complexity index is 1600. The predicted molar refractivity (Wildman–Crippen MR) is 135 cm³/mol. The van der Waals surface area contributed by atoms with Crippen molar-refractivity contribution in [1.82, 2.24) is 34.8 Å². The van der Waals surface area contributed by atoms with E-state index in [1.54, 1.807) is 17.7 Å². The zero-order valence-corrected chi connectivity index (χ0v) is 20.0. The van der Waals surface area contributed by atoms with Crippen molar-refractivity contribution in [2.24, 2.45) is 0 Å². The molecular formula is C26H21N7OS. The Morgan fingerprint density at radius 2 is 1.94 bits per heavy atom. The number of pyridine rings is 2. The number of nitrogens with zero attached hydrogens (tertiary/aromatic N) is 6. The second-order valence-corrected chi connectivity index (χ2v) is 9.15. The van der Waals surface area contributed by atoms with Gasteiger partial charge in [0.1, 0.15) is 28.6 Å². The van der Waals surface area contributed by atoms with Gasteiger partial charge in [0, 0.05) is 35.3 Å². The molecule has 0 unspecified atom stereocenters. The second-order valence-electron chi connectivity index (χ2n) is 8.15. The number of hydrogen-bond acceptors (Lipinski definition) is 7. The first-order chi connectivity index (χ1) is 17.2. The lowest BCUT2D eigenvalue weighted by atomic mass is 10.1. The molecule has 6 rings (SSSR count). The van der Waals surface area contributed by atoms with Gasteiger partial charge in [0.15, 0.2) is 5.82 Å². The van der Waals surface area contributed by atoms with E-state index in [9.17, 15) is 0 Å². The lowest BCUT2D eigenvalue weighted by Gasteiger charge is -2.07. The van der Waals surface area contributed by atoms with E-state index >= 15 is 0 Å². The Hall–Kier alpha value is -4.37. The van der Waals surface area contributed by atoms with E-state index in [0.29, 0.717) is 12.4 Å². The van der Waals surface area contributed by atoms with E-state index in [1.807, 2.05) is 85.4 Å². The number of benzene rings is 1. The van der Waals surface area contributed by atoms with Crippen LogP contribution in [0, 0.1) is 13.8 Å². The average Bonchev–Trinajstić information content (AvgIpc) is 3.62. The van der Waals surface area contributed by atoms with Gasteiger partial charge in [-0.25, -0.2) is 9.50 Å². The zero-order valence-electron chi connectivity index (χ0n) is 19.1. The number of hydrogen-bond donors (Lipinski definition) is 1. The highest BCUT2D eigenvalue weighted by molar-refractivity contribution is 7.19. The number of H-pyrrole nitrogens is 1.